The van der Waals surface area contributed by atoms with E-state index in [2.05, 4.69) is 10.6 Å². The first-order chi connectivity index (χ1) is 7.67. The molecule has 0 unspecified atom stereocenters. The third kappa shape index (κ3) is 4.75. The summed E-state index contributed by atoms with van der Waals surface area (Å²) in [6.45, 7) is 4.12. The molecule has 1 fully saturated rings. The Labute approximate surface area is 97.4 Å². The van der Waals surface area contributed by atoms with Crippen molar-refractivity contribution in [3.05, 3.63) is 0 Å². The summed E-state index contributed by atoms with van der Waals surface area (Å²) in [5, 5.41) is 6.07. The topological polar surface area (TPSA) is 70.7 Å². The molecule has 2 N–H and O–H groups in total. The zero-order valence-electron chi connectivity index (χ0n) is 9.74. The van der Waals surface area contributed by atoms with Crippen LogP contribution in [0, 0.1) is 0 Å². The van der Waals surface area contributed by atoms with Gasteiger partial charge in [-0.2, -0.15) is 4.31 Å². The van der Waals surface area contributed by atoms with Gasteiger partial charge in [-0.1, -0.05) is 0 Å². The van der Waals surface area contributed by atoms with Crippen molar-refractivity contribution in [1.82, 2.24) is 14.9 Å². The number of nitrogens with one attached hydrogen (secondary N) is 2. The van der Waals surface area contributed by atoms with Gasteiger partial charge in [0.15, 0.2) is 0 Å². The first-order valence-corrected chi connectivity index (χ1v) is 7.18. The molecule has 1 aliphatic heterocycles. The van der Waals surface area contributed by atoms with Crippen LogP contribution in [0.1, 0.15) is 0 Å². The SMILES string of the molecule is CNCCNCCS(=O)(=O)N1CCOCC1. The third-order valence-corrected chi connectivity index (χ3v) is 4.32. The highest BCUT2D eigenvalue weighted by Gasteiger charge is 2.23. The van der Waals surface area contributed by atoms with Crippen molar-refractivity contribution in [1.29, 1.82) is 0 Å². The van der Waals surface area contributed by atoms with E-state index >= 15 is 0 Å². The van der Waals surface area contributed by atoms with Crippen LogP contribution < -0.4 is 10.6 Å². The number of morpholine rings is 1. The van der Waals surface area contributed by atoms with Crippen molar-refractivity contribution in [2.75, 3.05) is 58.7 Å². The zero-order valence-corrected chi connectivity index (χ0v) is 10.6. The summed E-state index contributed by atoms with van der Waals surface area (Å²) in [5.74, 6) is 0.163. The zero-order chi connectivity index (χ0) is 11.9. The lowest BCUT2D eigenvalue weighted by Gasteiger charge is -2.26. The minimum absolute atomic E-state index is 0.163. The van der Waals surface area contributed by atoms with E-state index in [4.69, 9.17) is 4.74 Å². The summed E-state index contributed by atoms with van der Waals surface area (Å²) < 4.78 is 30.3. The molecule has 0 spiro atoms. The predicted molar refractivity (Wildman–Crippen MR) is 63.0 cm³/mol. The lowest BCUT2D eigenvalue weighted by Crippen LogP contribution is -2.43. The normalized spacial score (nSPS) is 18.8. The molecule has 0 aromatic heterocycles. The van der Waals surface area contributed by atoms with E-state index < -0.39 is 10.0 Å². The minimum atomic E-state index is -3.10. The molecule has 0 aromatic rings. The standard InChI is InChI=1S/C9H21N3O3S/c1-10-2-3-11-4-9-16(13,14)12-5-7-15-8-6-12/h10-11H,2-9H2,1H3. The summed E-state index contributed by atoms with van der Waals surface area (Å²) in [7, 11) is -1.23. The first kappa shape index (κ1) is 13.9. The Balaban J connectivity index is 2.22. The van der Waals surface area contributed by atoms with Crippen molar-refractivity contribution in [3.63, 3.8) is 0 Å². The van der Waals surface area contributed by atoms with Crippen LogP contribution in [0.5, 0.6) is 0 Å². The highest BCUT2D eigenvalue weighted by atomic mass is 32.2. The Morgan fingerprint density at radius 1 is 1.19 bits per heavy atom. The van der Waals surface area contributed by atoms with Crippen LogP contribution in [0.3, 0.4) is 0 Å². The van der Waals surface area contributed by atoms with Crippen LogP contribution in [0.4, 0.5) is 0 Å². The summed E-state index contributed by atoms with van der Waals surface area (Å²) in [6, 6.07) is 0. The van der Waals surface area contributed by atoms with E-state index in [1.54, 1.807) is 0 Å². The molecule has 96 valence electrons. The van der Waals surface area contributed by atoms with Gasteiger partial charge in [-0.25, -0.2) is 8.42 Å². The summed E-state index contributed by atoms with van der Waals surface area (Å²) in [4.78, 5) is 0. The van der Waals surface area contributed by atoms with E-state index in [9.17, 15) is 8.42 Å². The lowest BCUT2D eigenvalue weighted by molar-refractivity contribution is 0.0730. The molecule has 1 saturated heterocycles. The number of hydrogen-bond donors (Lipinski definition) is 2. The molecule has 0 aromatic carbocycles. The highest BCUT2D eigenvalue weighted by Crippen LogP contribution is 2.04. The molecule has 1 aliphatic rings. The Morgan fingerprint density at radius 2 is 1.88 bits per heavy atom. The smallest absolute Gasteiger partial charge is 0.215 e. The number of nitrogens with zero attached hydrogens (tertiary/aromatic N) is 1. The van der Waals surface area contributed by atoms with E-state index in [1.807, 2.05) is 7.05 Å². The van der Waals surface area contributed by atoms with Gasteiger partial charge in [-0.05, 0) is 7.05 Å². The molecule has 0 radical (unpaired) electrons. The van der Waals surface area contributed by atoms with Gasteiger partial charge in [0.1, 0.15) is 0 Å². The molecule has 1 rings (SSSR count). The molecular formula is C9H21N3O3S. The largest absolute Gasteiger partial charge is 0.379 e. The lowest BCUT2D eigenvalue weighted by atomic mass is 10.5. The molecule has 1 heterocycles. The fourth-order valence-corrected chi connectivity index (χ4v) is 2.86. The number of likely N-dealkylation sites (N-methyl/N-ethyl adjacent to an activating group) is 1. The molecule has 0 amide bonds. The molecule has 0 atom stereocenters. The van der Waals surface area contributed by atoms with Crippen LogP contribution in [0.15, 0.2) is 0 Å². The quantitative estimate of drug-likeness (QED) is 0.537. The molecule has 0 bridgehead atoms. The second-order valence-corrected chi connectivity index (χ2v) is 5.77. The highest BCUT2D eigenvalue weighted by molar-refractivity contribution is 7.89. The summed E-state index contributed by atoms with van der Waals surface area (Å²) in [6.07, 6.45) is 0. The fraction of sp³-hybridized carbons (Fsp3) is 1.00. The van der Waals surface area contributed by atoms with Crippen LogP contribution in [-0.2, 0) is 14.8 Å². The van der Waals surface area contributed by atoms with Gasteiger partial charge in [-0.15, -0.1) is 0 Å². The van der Waals surface area contributed by atoms with Crippen molar-refractivity contribution in [3.8, 4) is 0 Å². The maximum absolute atomic E-state index is 11.8. The third-order valence-electron chi connectivity index (χ3n) is 2.45. The van der Waals surface area contributed by atoms with Gasteiger partial charge in [0.2, 0.25) is 10.0 Å². The van der Waals surface area contributed by atoms with Gasteiger partial charge in [-0.3, -0.25) is 0 Å². The molecule has 7 heteroatoms. The molecule has 6 nitrogen and oxygen atoms in total. The average molecular weight is 251 g/mol. The van der Waals surface area contributed by atoms with Crippen molar-refractivity contribution in [2.24, 2.45) is 0 Å². The minimum Gasteiger partial charge on any atom is -0.379 e. The number of sulfonamides is 1. The summed E-state index contributed by atoms with van der Waals surface area (Å²) in [5.41, 5.74) is 0. The molecule has 0 saturated carbocycles. The van der Waals surface area contributed by atoms with E-state index in [0.29, 0.717) is 32.8 Å². The average Bonchev–Trinajstić information content (AvgIpc) is 2.30. The number of rotatable bonds is 7. The maximum Gasteiger partial charge on any atom is 0.215 e. The van der Waals surface area contributed by atoms with Crippen molar-refractivity contribution >= 4 is 10.0 Å². The molecule has 16 heavy (non-hydrogen) atoms. The van der Waals surface area contributed by atoms with Crippen LogP contribution in [-0.4, -0.2) is 71.5 Å². The second-order valence-electron chi connectivity index (χ2n) is 3.68. The van der Waals surface area contributed by atoms with Crippen LogP contribution >= 0.6 is 0 Å². The Morgan fingerprint density at radius 3 is 2.50 bits per heavy atom. The van der Waals surface area contributed by atoms with Gasteiger partial charge in [0.25, 0.3) is 0 Å². The van der Waals surface area contributed by atoms with E-state index in [1.165, 1.54) is 4.31 Å². The van der Waals surface area contributed by atoms with Crippen molar-refractivity contribution in [2.45, 2.75) is 0 Å². The second kappa shape index (κ2) is 7.18. The Bertz CT molecular complexity index is 276. The predicted octanol–water partition coefficient (Wildman–Crippen LogP) is -1.54. The van der Waals surface area contributed by atoms with Crippen LogP contribution in [0.25, 0.3) is 0 Å². The first-order valence-electron chi connectivity index (χ1n) is 5.58. The number of hydrogen-bond acceptors (Lipinski definition) is 5. The van der Waals surface area contributed by atoms with Gasteiger partial charge in [0, 0.05) is 32.7 Å². The van der Waals surface area contributed by atoms with Crippen molar-refractivity contribution < 1.29 is 13.2 Å². The Hall–Kier alpha value is -0.210. The Kier molecular flexibility index (Phi) is 6.22. The maximum atomic E-state index is 11.8. The molecule has 0 aliphatic carbocycles. The van der Waals surface area contributed by atoms with Crippen LogP contribution in [0.2, 0.25) is 0 Å². The van der Waals surface area contributed by atoms with E-state index in [0.717, 1.165) is 13.1 Å². The van der Waals surface area contributed by atoms with Gasteiger partial charge >= 0.3 is 0 Å². The fourth-order valence-electron chi connectivity index (χ4n) is 1.49. The summed E-state index contributed by atoms with van der Waals surface area (Å²) >= 11 is 0. The van der Waals surface area contributed by atoms with Gasteiger partial charge < -0.3 is 15.4 Å². The molecular weight excluding hydrogens is 230 g/mol. The number of ether oxygens (including phenoxy) is 1. The van der Waals surface area contributed by atoms with E-state index in [-0.39, 0.29) is 5.75 Å². The monoisotopic (exact) mass is 251 g/mol. The van der Waals surface area contributed by atoms with Gasteiger partial charge in [0.05, 0.1) is 19.0 Å².